The van der Waals surface area contributed by atoms with Gasteiger partial charge in [-0.2, -0.15) is 0 Å². The highest BCUT2D eigenvalue weighted by atomic mass is 16.5. The quantitative estimate of drug-likeness (QED) is 0.745. The van der Waals surface area contributed by atoms with Crippen molar-refractivity contribution in [3.8, 4) is 0 Å². The van der Waals surface area contributed by atoms with E-state index in [2.05, 4.69) is 47.1 Å². The lowest BCUT2D eigenvalue weighted by Crippen LogP contribution is -2.36. The third-order valence-electron chi connectivity index (χ3n) is 3.24. The van der Waals surface area contributed by atoms with Crippen LogP contribution in [0.1, 0.15) is 5.69 Å². The Morgan fingerprint density at radius 1 is 1.18 bits per heavy atom. The fraction of sp³-hybridized carbons (Fsp3) is 0.357. The van der Waals surface area contributed by atoms with E-state index in [-0.39, 0.29) is 0 Å². The van der Waals surface area contributed by atoms with Crippen molar-refractivity contribution in [2.45, 2.75) is 6.92 Å². The third-order valence-corrected chi connectivity index (χ3v) is 3.24. The van der Waals surface area contributed by atoms with E-state index in [1.165, 1.54) is 22.3 Å². The number of aromatic amines is 1. The summed E-state index contributed by atoms with van der Waals surface area (Å²) in [5, 5.41) is 1.29. The van der Waals surface area contributed by atoms with Crippen molar-refractivity contribution in [1.82, 2.24) is 0 Å². The minimum Gasteiger partial charge on any atom is -0.378 e. The molecule has 88 valence electrons. The Morgan fingerprint density at radius 3 is 2.76 bits per heavy atom. The molecule has 17 heavy (non-hydrogen) atoms. The maximum Gasteiger partial charge on any atom is 0.213 e. The van der Waals surface area contributed by atoms with Gasteiger partial charge in [0.25, 0.3) is 0 Å². The first-order valence-corrected chi connectivity index (χ1v) is 6.09. The van der Waals surface area contributed by atoms with Crippen LogP contribution < -0.4 is 9.88 Å². The van der Waals surface area contributed by atoms with E-state index < -0.39 is 0 Å². The number of H-pyrrole nitrogens is 1. The summed E-state index contributed by atoms with van der Waals surface area (Å²) in [7, 11) is 0. The number of rotatable bonds is 1. The maximum atomic E-state index is 5.41. The second-order valence-corrected chi connectivity index (χ2v) is 4.48. The van der Waals surface area contributed by atoms with Gasteiger partial charge in [0.2, 0.25) is 5.52 Å². The van der Waals surface area contributed by atoms with Crippen LogP contribution in [0.3, 0.4) is 0 Å². The Morgan fingerprint density at radius 2 is 1.94 bits per heavy atom. The van der Waals surface area contributed by atoms with Gasteiger partial charge in [0.05, 0.1) is 24.3 Å². The van der Waals surface area contributed by atoms with Gasteiger partial charge in [-0.1, -0.05) is 12.1 Å². The zero-order chi connectivity index (χ0) is 11.7. The molecule has 0 atom stereocenters. The summed E-state index contributed by atoms with van der Waals surface area (Å²) in [6.45, 7) is 5.72. The molecule has 0 amide bonds. The second kappa shape index (κ2) is 4.34. The number of ether oxygens (including phenoxy) is 1. The van der Waals surface area contributed by atoms with Gasteiger partial charge in [-0.05, 0) is 6.07 Å². The Hall–Kier alpha value is -1.61. The summed E-state index contributed by atoms with van der Waals surface area (Å²) < 4.78 is 5.41. The second-order valence-electron chi connectivity index (χ2n) is 4.48. The third kappa shape index (κ3) is 1.98. The highest BCUT2D eigenvalue weighted by Gasteiger charge is 2.16. The summed E-state index contributed by atoms with van der Waals surface area (Å²) in [5.41, 5.74) is 3.72. The summed E-state index contributed by atoms with van der Waals surface area (Å²) in [5.74, 6) is 0. The highest BCUT2D eigenvalue weighted by Crippen LogP contribution is 2.25. The first kappa shape index (κ1) is 10.5. The number of nitrogens with one attached hydrogen (secondary N) is 1. The first-order valence-electron chi connectivity index (χ1n) is 6.09. The van der Waals surface area contributed by atoms with Crippen LogP contribution in [0.15, 0.2) is 30.3 Å². The molecule has 0 saturated carbocycles. The maximum absolute atomic E-state index is 5.41. The van der Waals surface area contributed by atoms with E-state index in [1.54, 1.807) is 0 Å². The van der Waals surface area contributed by atoms with Gasteiger partial charge >= 0.3 is 0 Å². The smallest absolute Gasteiger partial charge is 0.213 e. The van der Waals surface area contributed by atoms with Crippen LogP contribution in [0.2, 0.25) is 0 Å². The number of para-hydroxylation sites is 1. The number of hydrogen-bond donors (Lipinski definition) is 0. The number of hydrogen-bond acceptors (Lipinski definition) is 2. The fourth-order valence-corrected chi connectivity index (χ4v) is 2.41. The molecule has 1 fully saturated rings. The van der Waals surface area contributed by atoms with Crippen LogP contribution in [0.4, 0.5) is 5.69 Å². The minimum absolute atomic E-state index is 0.825. The van der Waals surface area contributed by atoms with E-state index in [0.717, 1.165) is 26.3 Å². The number of pyridine rings is 1. The van der Waals surface area contributed by atoms with Crippen molar-refractivity contribution in [2.75, 3.05) is 31.2 Å². The van der Waals surface area contributed by atoms with Crippen molar-refractivity contribution in [3.05, 3.63) is 36.0 Å². The predicted octanol–water partition coefficient (Wildman–Crippen LogP) is 1.80. The van der Waals surface area contributed by atoms with Crippen molar-refractivity contribution < 1.29 is 9.72 Å². The molecule has 2 aromatic rings. The monoisotopic (exact) mass is 229 g/mol. The van der Waals surface area contributed by atoms with Crippen LogP contribution in [-0.2, 0) is 4.74 Å². The predicted molar refractivity (Wildman–Crippen MR) is 68.3 cm³/mol. The molecule has 3 nitrogen and oxygen atoms in total. The number of nitrogens with zero attached hydrogens (tertiary/aromatic N) is 1. The van der Waals surface area contributed by atoms with Crippen LogP contribution in [0, 0.1) is 6.92 Å². The molecule has 0 radical (unpaired) electrons. The molecule has 3 heteroatoms. The van der Waals surface area contributed by atoms with Gasteiger partial charge in [-0.15, -0.1) is 0 Å². The van der Waals surface area contributed by atoms with E-state index in [4.69, 9.17) is 4.74 Å². The molecule has 1 aliphatic rings. The largest absolute Gasteiger partial charge is 0.378 e. The molecule has 0 bridgehead atoms. The lowest BCUT2D eigenvalue weighted by atomic mass is 10.1. The van der Waals surface area contributed by atoms with Crippen LogP contribution in [-0.4, -0.2) is 26.3 Å². The Balaban J connectivity index is 2.13. The average Bonchev–Trinajstić information content (AvgIpc) is 2.39. The molecule has 1 N–H and O–H groups in total. The number of morpholine rings is 1. The molecule has 0 aliphatic carbocycles. The van der Waals surface area contributed by atoms with Crippen LogP contribution >= 0.6 is 0 Å². The van der Waals surface area contributed by atoms with E-state index >= 15 is 0 Å². The van der Waals surface area contributed by atoms with Crippen LogP contribution in [0.5, 0.6) is 0 Å². The Kier molecular flexibility index (Phi) is 2.69. The summed E-state index contributed by atoms with van der Waals surface area (Å²) in [4.78, 5) is 5.82. The van der Waals surface area contributed by atoms with Crippen molar-refractivity contribution >= 4 is 16.6 Å². The molecule has 1 saturated heterocycles. The summed E-state index contributed by atoms with van der Waals surface area (Å²) in [6, 6.07) is 10.7. The average molecular weight is 229 g/mol. The highest BCUT2D eigenvalue weighted by molar-refractivity contribution is 5.89. The van der Waals surface area contributed by atoms with E-state index in [1.807, 2.05) is 0 Å². The lowest BCUT2D eigenvalue weighted by molar-refractivity contribution is -0.354. The van der Waals surface area contributed by atoms with Crippen LogP contribution in [0.25, 0.3) is 10.9 Å². The molecule has 1 aromatic heterocycles. The van der Waals surface area contributed by atoms with Gasteiger partial charge in [-0.3, -0.25) is 0 Å². The normalized spacial score (nSPS) is 16.4. The zero-order valence-electron chi connectivity index (χ0n) is 10.1. The molecule has 0 spiro atoms. The molecular formula is C14H17N2O+. The van der Waals surface area contributed by atoms with Gasteiger partial charge in [0.15, 0.2) is 5.69 Å². The SMILES string of the molecule is Cc1cc(N2CCOCC2)c2ccccc2[nH+]1. The minimum atomic E-state index is 0.825. The number of aryl methyl sites for hydroxylation is 1. The van der Waals surface area contributed by atoms with Crippen molar-refractivity contribution in [3.63, 3.8) is 0 Å². The fourth-order valence-electron chi connectivity index (χ4n) is 2.41. The van der Waals surface area contributed by atoms with Gasteiger partial charge in [-0.25, -0.2) is 4.98 Å². The molecule has 1 aromatic carbocycles. The molecule has 2 heterocycles. The number of anilines is 1. The van der Waals surface area contributed by atoms with E-state index in [0.29, 0.717) is 0 Å². The molecular weight excluding hydrogens is 212 g/mol. The number of fused-ring (bicyclic) bond motifs is 1. The van der Waals surface area contributed by atoms with Gasteiger partial charge < -0.3 is 9.64 Å². The molecule has 1 aliphatic heterocycles. The van der Waals surface area contributed by atoms with Crippen molar-refractivity contribution in [1.29, 1.82) is 0 Å². The lowest BCUT2D eigenvalue weighted by Gasteiger charge is -2.29. The standard InChI is InChI=1S/C14H16N2O/c1-11-10-14(16-6-8-17-9-7-16)12-4-2-3-5-13(12)15-11/h2-5,10H,6-9H2,1H3/p+1. The first-order chi connectivity index (χ1) is 8.34. The molecule has 0 unspecified atom stereocenters. The molecule has 3 rings (SSSR count). The number of aromatic nitrogens is 1. The zero-order valence-corrected chi connectivity index (χ0v) is 10.1. The van der Waals surface area contributed by atoms with Crippen molar-refractivity contribution in [2.24, 2.45) is 0 Å². The number of benzene rings is 1. The summed E-state index contributed by atoms with van der Waals surface area (Å²) >= 11 is 0. The Bertz CT molecular complexity index is 533. The van der Waals surface area contributed by atoms with E-state index in [9.17, 15) is 0 Å². The topological polar surface area (TPSA) is 26.6 Å². The Labute approximate surface area is 101 Å². The van der Waals surface area contributed by atoms with Gasteiger partial charge in [0.1, 0.15) is 0 Å². The van der Waals surface area contributed by atoms with Gasteiger partial charge in [0, 0.05) is 32.1 Å². The summed E-state index contributed by atoms with van der Waals surface area (Å²) in [6.07, 6.45) is 0.